The van der Waals surface area contributed by atoms with Gasteiger partial charge >= 0.3 is 5.97 Å². The van der Waals surface area contributed by atoms with Gasteiger partial charge in [0.15, 0.2) is 0 Å². The van der Waals surface area contributed by atoms with Crippen LogP contribution in [0.4, 0.5) is 0 Å². The number of nitrogens with zero attached hydrogens (tertiary/aromatic N) is 1. The minimum absolute atomic E-state index is 0.00917. The molecule has 0 heterocycles. The molecule has 15 heavy (non-hydrogen) atoms. The maximum atomic E-state index is 12.0. The predicted octanol–water partition coefficient (Wildman–Crippen LogP) is 0.964. The van der Waals surface area contributed by atoms with Gasteiger partial charge in [-0.1, -0.05) is 13.8 Å². The molecule has 84 valence electrons. The molecule has 2 rings (SSSR count). The van der Waals surface area contributed by atoms with Gasteiger partial charge in [-0.25, -0.2) is 0 Å². The Morgan fingerprint density at radius 1 is 1.27 bits per heavy atom. The number of carboxylic acids is 1. The highest BCUT2D eigenvalue weighted by Crippen LogP contribution is 2.59. The standard InChI is InChI=1S/C11H17NO3/c1-11(2)7(8(11)10(14)15)9(13)12(3)6-4-5-6/h6-8H,4-5H2,1-3H3,(H,14,15)/t7-,8+/m0/s1. The van der Waals surface area contributed by atoms with E-state index in [0.29, 0.717) is 6.04 Å². The van der Waals surface area contributed by atoms with Crippen molar-refractivity contribution in [2.24, 2.45) is 17.3 Å². The third-order valence-electron chi connectivity index (χ3n) is 3.80. The maximum Gasteiger partial charge on any atom is 0.307 e. The van der Waals surface area contributed by atoms with Crippen LogP contribution in [0.1, 0.15) is 26.7 Å². The van der Waals surface area contributed by atoms with Crippen molar-refractivity contribution in [1.29, 1.82) is 0 Å². The molecule has 0 spiro atoms. The molecule has 2 aliphatic carbocycles. The number of amides is 1. The molecular formula is C11H17NO3. The van der Waals surface area contributed by atoms with Crippen LogP contribution in [-0.4, -0.2) is 35.0 Å². The highest BCUT2D eigenvalue weighted by molar-refractivity contribution is 5.91. The quantitative estimate of drug-likeness (QED) is 0.756. The van der Waals surface area contributed by atoms with Gasteiger partial charge in [0, 0.05) is 13.1 Å². The highest BCUT2D eigenvalue weighted by Gasteiger charge is 2.66. The van der Waals surface area contributed by atoms with E-state index in [2.05, 4.69) is 0 Å². The molecule has 0 bridgehead atoms. The first-order valence-electron chi connectivity index (χ1n) is 5.37. The molecule has 1 N–H and O–H groups in total. The number of carbonyl (C=O) groups excluding carboxylic acids is 1. The molecule has 0 aromatic heterocycles. The smallest absolute Gasteiger partial charge is 0.307 e. The van der Waals surface area contributed by atoms with Crippen LogP contribution in [0.3, 0.4) is 0 Å². The fourth-order valence-electron chi connectivity index (χ4n) is 2.42. The molecule has 0 saturated heterocycles. The zero-order valence-corrected chi connectivity index (χ0v) is 9.36. The number of carbonyl (C=O) groups is 2. The summed E-state index contributed by atoms with van der Waals surface area (Å²) in [6.07, 6.45) is 2.13. The number of hydrogen-bond donors (Lipinski definition) is 1. The van der Waals surface area contributed by atoms with Crippen LogP contribution >= 0.6 is 0 Å². The Kier molecular flexibility index (Phi) is 2.07. The summed E-state index contributed by atoms with van der Waals surface area (Å²) in [7, 11) is 1.79. The molecule has 2 fully saturated rings. The number of hydrogen-bond acceptors (Lipinski definition) is 2. The van der Waals surface area contributed by atoms with E-state index in [1.807, 2.05) is 13.8 Å². The monoisotopic (exact) mass is 211 g/mol. The summed E-state index contributed by atoms with van der Waals surface area (Å²) in [5, 5.41) is 8.97. The lowest BCUT2D eigenvalue weighted by atomic mass is 10.1. The number of rotatable bonds is 3. The normalized spacial score (nSPS) is 32.2. The number of aliphatic carboxylic acids is 1. The summed E-state index contributed by atoms with van der Waals surface area (Å²) in [6.45, 7) is 3.71. The zero-order valence-electron chi connectivity index (χ0n) is 9.36. The molecule has 0 aromatic carbocycles. The Labute approximate surface area is 89.3 Å². The summed E-state index contributed by atoms with van der Waals surface area (Å²) in [5.41, 5.74) is -0.369. The van der Waals surface area contributed by atoms with E-state index in [0.717, 1.165) is 12.8 Å². The summed E-state index contributed by atoms with van der Waals surface area (Å²) in [6, 6.07) is 0.364. The van der Waals surface area contributed by atoms with Crippen LogP contribution in [-0.2, 0) is 9.59 Å². The van der Waals surface area contributed by atoms with Crippen molar-refractivity contribution in [3.05, 3.63) is 0 Å². The predicted molar refractivity (Wildman–Crippen MR) is 54.2 cm³/mol. The van der Waals surface area contributed by atoms with Gasteiger partial charge < -0.3 is 10.0 Å². The second-order valence-corrected chi connectivity index (χ2v) is 5.30. The Morgan fingerprint density at radius 2 is 1.80 bits per heavy atom. The third kappa shape index (κ3) is 1.52. The maximum absolute atomic E-state index is 12.0. The zero-order chi connectivity index (χ0) is 11.4. The van der Waals surface area contributed by atoms with Gasteiger partial charge in [0.25, 0.3) is 0 Å². The van der Waals surface area contributed by atoms with Gasteiger partial charge in [0.2, 0.25) is 5.91 Å². The van der Waals surface area contributed by atoms with Gasteiger partial charge in [-0.15, -0.1) is 0 Å². The second kappa shape index (κ2) is 2.97. The molecule has 4 heteroatoms. The van der Waals surface area contributed by atoms with E-state index in [9.17, 15) is 9.59 Å². The molecule has 0 aromatic rings. The lowest BCUT2D eigenvalue weighted by molar-refractivity contribution is -0.141. The van der Waals surface area contributed by atoms with Crippen LogP contribution in [0.2, 0.25) is 0 Å². The first-order chi connectivity index (χ1) is 6.87. The van der Waals surface area contributed by atoms with Crippen molar-refractivity contribution in [3.63, 3.8) is 0 Å². The molecule has 1 amide bonds. The fourth-order valence-corrected chi connectivity index (χ4v) is 2.42. The Bertz CT molecular complexity index is 320. The lowest BCUT2D eigenvalue weighted by Gasteiger charge is -2.16. The van der Waals surface area contributed by atoms with Crippen LogP contribution in [0.15, 0.2) is 0 Å². The molecule has 0 aliphatic heterocycles. The molecule has 0 radical (unpaired) electrons. The topological polar surface area (TPSA) is 57.6 Å². The van der Waals surface area contributed by atoms with Crippen LogP contribution < -0.4 is 0 Å². The van der Waals surface area contributed by atoms with Gasteiger partial charge in [-0.2, -0.15) is 0 Å². The third-order valence-corrected chi connectivity index (χ3v) is 3.80. The summed E-state index contributed by atoms with van der Waals surface area (Å²) >= 11 is 0. The first kappa shape index (κ1) is 10.5. The molecule has 0 unspecified atom stereocenters. The molecule has 2 atom stereocenters. The summed E-state index contributed by atoms with van der Waals surface area (Å²) in [5.74, 6) is -1.65. The van der Waals surface area contributed by atoms with E-state index in [1.165, 1.54) is 0 Å². The lowest BCUT2D eigenvalue weighted by Crippen LogP contribution is -2.31. The van der Waals surface area contributed by atoms with Crippen LogP contribution in [0, 0.1) is 17.3 Å². The van der Waals surface area contributed by atoms with Crippen LogP contribution in [0.5, 0.6) is 0 Å². The fraction of sp³-hybridized carbons (Fsp3) is 0.818. The molecule has 2 aliphatic rings. The average Bonchev–Trinajstić information content (AvgIpc) is 2.97. The Morgan fingerprint density at radius 3 is 2.13 bits per heavy atom. The molecular weight excluding hydrogens is 194 g/mol. The minimum Gasteiger partial charge on any atom is -0.481 e. The van der Waals surface area contributed by atoms with Crippen molar-refractivity contribution >= 4 is 11.9 Å². The largest absolute Gasteiger partial charge is 0.481 e. The van der Waals surface area contributed by atoms with Crippen molar-refractivity contribution in [2.75, 3.05) is 7.05 Å². The van der Waals surface area contributed by atoms with Crippen molar-refractivity contribution in [3.8, 4) is 0 Å². The van der Waals surface area contributed by atoms with E-state index in [1.54, 1.807) is 11.9 Å². The SMILES string of the molecule is CN(C(=O)[C@@H]1[C@H](C(=O)O)C1(C)C)C1CC1. The van der Waals surface area contributed by atoms with Crippen LogP contribution in [0.25, 0.3) is 0 Å². The number of carboxylic acid groups (broad SMARTS) is 1. The van der Waals surface area contributed by atoms with Gasteiger partial charge in [0.05, 0.1) is 11.8 Å². The van der Waals surface area contributed by atoms with E-state index in [-0.39, 0.29) is 17.2 Å². The molecule has 4 nitrogen and oxygen atoms in total. The Hall–Kier alpha value is -1.06. The Balaban J connectivity index is 2.06. The minimum atomic E-state index is -0.845. The molecule has 2 saturated carbocycles. The van der Waals surface area contributed by atoms with E-state index in [4.69, 9.17) is 5.11 Å². The van der Waals surface area contributed by atoms with Crippen molar-refractivity contribution in [2.45, 2.75) is 32.7 Å². The van der Waals surface area contributed by atoms with E-state index < -0.39 is 11.9 Å². The highest BCUT2D eigenvalue weighted by atomic mass is 16.4. The average molecular weight is 211 g/mol. The first-order valence-corrected chi connectivity index (χ1v) is 5.37. The second-order valence-electron chi connectivity index (χ2n) is 5.30. The van der Waals surface area contributed by atoms with E-state index >= 15 is 0 Å². The van der Waals surface area contributed by atoms with Gasteiger partial charge in [-0.3, -0.25) is 9.59 Å². The summed E-state index contributed by atoms with van der Waals surface area (Å²) in [4.78, 5) is 24.6. The van der Waals surface area contributed by atoms with Gasteiger partial charge in [0.1, 0.15) is 0 Å². The summed E-state index contributed by atoms with van der Waals surface area (Å²) < 4.78 is 0. The van der Waals surface area contributed by atoms with Gasteiger partial charge in [-0.05, 0) is 18.3 Å². The van der Waals surface area contributed by atoms with Crippen molar-refractivity contribution < 1.29 is 14.7 Å². The van der Waals surface area contributed by atoms with Crippen molar-refractivity contribution in [1.82, 2.24) is 4.90 Å².